The first kappa shape index (κ1) is 22.2. The molecule has 1 saturated heterocycles. The summed E-state index contributed by atoms with van der Waals surface area (Å²) in [6, 6.07) is 13.2. The van der Waals surface area contributed by atoms with E-state index >= 15 is 0 Å². The van der Waals surface area contributed by atoms with Gasteiger partial charge in [-0.15, -0.1) is 0 Å². The average molecular weight is 429 g/mol. The summed E-state index contributed by atoms with van der Waals surface area (Å²) in [6.07, 6.45) is -3.12. The van der Waals surface area contributed by atoms with Gasteiger partial charge in [-0.3, -0.25) is 4.79 Å². The van der Waals surface area contributed by atoms with E-state index in [9.17, 15) is 22.8 Å². The quantitative estimate of drug-likeness (QED) is 0.712. The highest BCUT2D eigenvalue weighted by Gasteiger charge is 2.30. The van der Waals surface area contributed by atoms with Gasteiger partial charge in [0.05, 0.1) is 18.2 Å². The van der Waals surface area contributed by atoms with E-state index in [-0.39, 0.29) is 24.1 Å². The Kier molecular flexibility index (Phi) is 7.19. The zero-order chi connectivity index (χ0) is 22.3. The molecule has 1 aliphatic rings. The molecule has 162 valence electrons. The lowest BCUT2D eigenvalue weighted by Crippen LogP contribution is -2.43. The van der Waals surface area contributed by atoms with Crippen LogP contribution in [-0.2, 0) is 11.0 Å². The fraction of sp³-hybridized carbons (Fsp3) is 0.304. The average Bonchev–Trinajstić information content (AvgIpc) is 3.15. The van der Waals surface area contributed by atoms with Crippen LogP contribution in [0.25, 0.3) is 0 Å². The van der Waals surface area contributed by atoms with Crippen molar-refractivity contribution in [2.45, 2.75) is 25.1 Å². The Hall–Kier alpha value is -3.47. The third-order valence-electron chi connectivity index (χ3n) is 4.84. The molecule has 31 heavy (non-hydrogen) atoms. The molecular formula is C23H22F3N3O2. The normalized spacial score (nSPS) is 14.5. The highest BCUT2D eigenvalue weighted by Crippen LogP contribution is 2.29. The molecule has 1 fully saturated rings. The number of rotatable bonds is 5. The molecular weight excluding hydrogens is 407 g/mol. The number of alkyl halides is 3. The number of urea groups is 1. The Morgan fingerprint density at radius 3 is 2.58 bits per heavy atom. The van der Waals surface area contributed by atoms with Crippen LogP contribution in [0.4, 0.5) is 18.0 Å². The smallest absolute Gasteiger partial charge is 0.340 e. The Morgan fingerprint density at radius 1 is 1.13 bits per heavy atom. The van der Waals surface area contributed by atoms with E-state index < -0.39 is 17.8 Å². The van der Waals surface area contributed by atoms with Crippen molar-refractivity contribution < 1.29 is 22.8 Å². The van der Waals surface area contributed by atoms with Crippen molar-refractivity contribution in [2.75, 3.05) is 19.6 Å². The van der Waals surface area contributed by atoms with Crippen LogP contribution < -0.4 is 10.6 Å². The van der Waals surface area contributed by atoms with Gasteiger partial charge in [0.2, 0.25) is 5.91 Å². The van der Waals surface area contributed by atoms with E-state index in [1.54, 1.807) is 4.90 Å². The largest absolute Gasteiger partial charge is 0.416 e. The predicted octanol–water partition coefficient (Wildman–Crippen LogP) is 3.72. The van der Waals surface area contributed by atoms with E-state index in [1.807, 2.05) is 30.3 Å². The van der Waals surface area contributed by atoms with Gasteiger partial charge in [-0.1, -0.05) is 48.2 Å². The topological polar surface area (TPSA) is 61.4 Å². The number of carbonyl (C=O) groups is 2. The monoisotopic (exact) mass is 429 g/mol. The molecule has 0 aliphatic carbocycles. The molecule has 3 amide bonds. The molecule has 1 heterocycles. The van der Waals surface area contributed by atoms with E-state index in [1.165, 1.54) is 12.1 Å². The number of hydrogen-bond donors (Lipinski definition) is 2. The third kappa shape index (κ3) is 6.51. The maximum atomic E-state index is 12.8. The number of likely N-dealkylation sites (tertiary alicyclic amines) is 1. The molecule has 2 N–H and O–H groups in total. The standard InChI is InChI=1S/C23H22F3N3O2/c24-23(25,26)19-11-4-7-17(15-19)8-5-13-27-22(31)28-20(18-9-2-1-3-10-18)16-29-14-6-12-21(29)30/h1-4,7,9-11,15,20H,6,12-14,16H2,(H2,27,28,31). The van der Waals surface area contributed by atoms with Crippen molar-refractivity contribution in [2.24, 2.45) is 0 Å². The minimum Gasteiger partial charge on any atom is -0.340 e. The number of nitrogens with zero attached hydrogens (tertiary/aromatic N) is 1. The van der Waals surface area contributed by atoms with Crippen LogP contribution in [0.2, 0.25) is 0 Å². The fourth-order valence-corrected chi connectivity index (χ4v) is 3.29. The number of halogens is 3. The number of benzene rings is 2. The van der Waals surface area contributed by atoms with E-state index in [4.69, 9.17) is 0 Å². The molecule has 0 bridgehead atoms. The van der Waals surface area contributed by atoms with Gasteiger partial charge in [0.15, 0.2) is 0 Å². The number of amides is 3. The van der Waals surface area contributed by atoms with Gasteiger partial charge in [-0.25, -0.2) is 4.79 Å². The number of nitrogens with one attached hydrogen (secondary N) is 2. The molecule has 0 aromatic heterocycles. The number of hydrogen-bond acceptors (Lipinski definition) is 2. The molecule has 1 atom stereocenters. The minimum absolute atomic E-state index is 0.0355. The first-order valence-electron chi connectivity index (χ1n) is 9.86. The highest BCUT2D eigenvalue weighted by molar-refractivity contribution is 5.78. The second-order valence-corrected chi connectivity index (χ2v) is 7.11. The summed E-state index contributed by atoms with van der Waals surface area (Å²) in [6.45, 7) is 0.992. The first-order valence-corrected chi connectivity index (χ1v) is 9.86. The van der Waals surface area contributed by atoms with E-state index in [0.29, 0.717) is 19.5 Å². The molecule has 0 spiro atoms. The van der Waals surface area contributed by atoms with Gasteiger partial charge in [0.1, 0.15) is 0 Å². The Labute approximate surface area is 178 Å². The van der Waals surface area contributed by atoms with Gasteiger partial charge in [0.25, 0.3) is 0 Å². The maximum absolute atomic E-state index is 12.8. The van der Waals surface area contributed by atoms with Crippen LogP contribution in [0.5, 0.6) is 0 Å². The Morgan fingerprint density at radius 2 is 1.90 bits per heavy atom. The lowest BCUT2D eigenvalue weighted by atomic mass is 10.1. The molecule has 0 radical (unpaired) electrons. The van der Waals surface area contributed by atoms with Crippen LogP contribution >= 0.6 is 0 Å². The summed E-state index contributed by atoms with van der Waals surface area (Å²) in [7, 11) is 0. The van der Waals surface area contributed by atoms with Crippen LogP contribution in [0.3, 0.4) is 0 Å². The molecule has 2 aromatic carbocycles. The Bertz CT molecular complexity index is 981. The summed E-state index contributed by atoms with van der Waals surface area (Å²) < 4.78 is 38.3. The number of carbonyl (C=O) groups excluding carboxylic acids is 2. The minimum atomic E-state index is -4.43. The lowest BCUT2D eigenvalue weighted by Gasteiger charge is -2.25. The molecule has 1 unspecified atom stereocenters. The summed E-state index contributed by atoms with van der Waals surface area (Å²) in [5.74, 6) is 5.33. The predicted molar refractivity (Wildman–Crippen MR) is 110 cm³/mol. The molecule has 5 nitrogen and oxygen atoms in total. The van der Waals surface area contributed by atoms with Gasteiger partial charge in [-0.2, -0.15) is 13.2 Å². The highest BCUT2D eigenvalue weighted by atomic mass is 19.4. The molecule has 0 saturated carbocycles. The zero-order valence-corrected chi connectivity index (χ0v) is 16.7. The van der Waals surface area contributed by atoms with Crippen LogP contribution in [0, 0.1) is 11.8 Å². The van der Waals surface area contributed by atoms with Gasteiger partial charge in [-0.05, 0) is 30.2 Å². The van der Waals surface area contributed by atoms with Crippen molar-refractivity contribution in [3.63, 3.8) is 0 Å². The van der Waals surface area contributed by atoms with Crippen molar-refractivity contribution >= 4 is 11.9 Å². The van der Waals surface area contributed by atoms with Crippen molar-refractivity contribution in [3.05, 3.63) is 71.3 Å². The second kappa shape index (κ2) is 10.0. The van der Waals surface area contributed by atoms with Crippen LogP contribution in [-0.4, -0.2) is 36.5 Å². The lowest BCUT2D eigenvalue weighted by molar-refractivity contribution is -0.137. The van der Waals surface area contributed by atoms with Crippen LogP contribution in [0.15, 0.2) is 54.6 Å². The summed E-state index contributed by atoms with van der Waals surface area (Å²) in [4.78, 5) is 26.0. The molecule has 1 aliphatic heterocycles. The van der Waals surface area contributed by atoms with Gasteiger partial charge < -0.3 is 15.5 Å². The van der Waals surface area contributed by atoms with Gasteiger partial charge in [0, 0.05) is 25.1 Å². The summed E-state index contributed by atoms with van der Waals surface area (Å²) >= 11 is 0. The zero-order valence-electron chi connectivity index (χ0n) is 16.7. The Balaban J connectivity index is 1.58. The maximum Gasteiger partial charge on any atom is 0.416 e. The SMILES string of the molecule is O=C(NCC#Cc1cccc(C(F)(F)F)c1)NC(CN1CCCC1=O)c1ccccc1. The summed E-state index contributed by atoms with van der Waals surface area (Å²) in [5, 5.41) is 5.43. The van der Waals surface area contributed by atoms with Crippen molar-refractivity contribution in [1.29, 1.82) is 0 Å². The molecule has 2 aromatic rings. The fourth-order valence-electron chi connectivity index (χ4n) is 3.29. The van der Waals surface area contributed by atoms with E-state index in [0.717, 1.165) is 24.1 Å². The van der Waals surface area contributed by atoms with E-state index in [2.05, 4.69) is 22.5 Å². The molecule has 3 rings (SSSR count). The first-order chi connectivity index (χ1) is 14.8. The van der Waals surface area contributed by atoms with Crippen molar-refractivity contribution in [1.82, 2.24) is 15.5 Å². The second-order valence-electron chi connectivity index (χ2n) is 7.11. The summed E-state index contributed by atoms with van der Waals surface area (Å²) in [5.41, 5.74) is 0.311. The van der Waals surface area contributed by atoms with Crippen molar-refractivity contribution in [3.8, 4) is 11.8 Å². The third-order valence-corrected chi connectivity index (χ3v) is 4.84. The molecule has 8 heteroatoms. The van der Waals surface area contributed by atoms with Crippen LogP contribution in [0.1, 0.15) is 35.6 Å². The van der Waals surface area contributed by atoms with Gasteiger partial charge >= 0.3 is 12.2 Å².